The second-order valence-electron chi connectivity index (χ2n) is 9.61. The number of amides is 3. The van der Waals surface area contributed by atoms with Gasteiger partial charge in [0.05, 0.1) is 0 Å². The van der Waals surface area contributed by atoms with Gasteiger partial charge in [0, 0.05) is 31.2 Å². The highest BCUT2D eigenvalue weighted by Crippen LogP contribution is 2.49. The van der Waals surface area contributed by atoms with Gasteiger partial charge in [0.25, 0.3) is 0 Å². The van der Waals surface area contributed by atoms with Crippen LogP contribution >= 0.6 is 0 Å². The minimum absolute atomic E-state index is 0.00290. The van der Waals surface area contributed by atoms with Crippen LogP contribution in [-0.2, 0) is 4.79 Å². The quantitative estimate of drug-likeness (QED) is 0.751. The van der Waals surface area contributed by atoms with E-state index in [4.69, 9.17) is 0 Å². The maximum absolute atomic E-state index is 13.0. The number of carbonyl (C=O) groups excluding carboxylic acids is 2. The molecule has 5 nitrogen and oxygen atoms in total. The average molecular weight is 398 g/mol. The van der Waals surface area contributed by atoms with Crippen LogP contribution in [0.1, 0.15) is 68.9 Å². The zero-order valence-corrected chi connectivity index (χ0v) is 17.9. The van der Waals surface area contributed by atoms with Gasteiger partial charge in [0.15, 0.2) is 0 Å². The van der Waals surface area contributed by atoms with Crippen molar-refractivity contribution in [3.05, 3.63) is 29.3 Å². The van der Waals surface area contributed by atoms with Crippen molar-refractivity contribution in [3.63, 3.8) is 0 Å². The van der Waals surface area contributed by atoms with Crippen LogP contribution in [0.15, 0.2) is 18.2 Å². The van der Waals surface area contributed by atoms with Crippen LogP contribution in [0.5, 0.6) is 0 Å². The minimum Gasteiger partial charge on any atom is -0.353 e. The monoisotopic (exact) mass is 397 g/mol. The van der Waals surface area contributed by atoms with Crippen LogP contribution in [0.2, 0.25) is 0 Å². The van der Waals surface area contributed by atoms with E-state index in [2.05, 4.69) is 30.5 Å². The number of likely N-dealkylation sites (tertiary alicyclic amines) is 1. The number of nitrogens with one attached hydrogen (secondary N) is 2. The molecule has 0 bridgehead atoms. The molecular weight excluding hydrogens is 362 g/mol. The Labute approximate surface area is 174 Å². The van der Waals surface area contributed by atoms with Crippen molar-refractivity contribution in [2.75, 3.05) is 18.4 Å². The van der Waals surface area contributed by atoms with Crippen LogP contribution in [0.3, 0.4) is 0 Å². The Kier molecular flexibility index (Phi) is 5.84. The molecule has 1 heterocycles. The summed E-state index contributed by atoms with van der Waals surface area (Å²) in [6.07, 6.45) is 9.92. The van der Waals surface area contributed by atoms with E-state index in [0.29, 0.717) is 18.4 Å². The van der Waals surface area contributed by atoms with Crippen molar-refractivity contribution in [3.8, 4) is 0 Å². The molecule has 3 aliphatic rings. The molecule has 0 radical (unpaired) electrons. The van der Waals surface area contributed by atoms with E-state index in [-0.39, 0.29) is 17.4 Å². The largest absolute Gasteiger partial charge is 0.353 e. The van der Waals surface area contributed by atoms with Gasteiger partial charge >= 0.3 is 6.03 Å². The minimum atomic E-state index is 0.00290. The molecule has 29 heavy (non-hydrogen) atoms. The van der Waals surface area contributed by atoms with Crippen molar-refractivity contribution in [1.82, 2.24) is 10.2 Å². The van der Waals surface area contributed by atoms with Gasteiger partial charge in [-0.15, -0.1) is 0 Å². The lowest BCUT2D eigenvalue weighted by Crippen LogP contribution is -2.36. The zero-order valence-electron chi connectivity index (χ0n) is 17.9. The van der Waals surface area contributed by atoms with E-state index in [1.165, 1.54) is 43.2 Å². The molecule has 1 aromatic carbocycles. The first kappa shape index (κ1) is 20.2. The summed E-state index contributed by atoms with van der Waals surface area (Å²) in [6, 6.07) is 6.50. The van der Waals surface area contributed by atoms with Gasteiger partial charge in [0.1, 0.15) is 0 Å². The Morgan fingerprint density at radius 1 is 1.10 bits per heavy atom. The van der Waals surface area contributed by atoms with E-state index >= 15 is 0 Å². The first-order valence-corrected chi connectivity index (χ1v) is 11.4. The van der Waals surface area contributed by atoms with Gasteiger partial charge in [0.2, 0.25) is 5.91 Å². The third-order valence-corrected chi connectivity index (χ3v) is 7.37. The number of carbonyl (C=O) groups is 2. The zero-order chi connectivity index (χ0) is 20.4. The molecule has 4 rings (SSSR count). The molecule has 158 valence electrons. The first-order valence-electron chi connectivity index (χ1n) is 11.4. The standard InChI is InChI=1S/C24H35N3O2/c1-17-6-8-21(14-18(17)2)26-23(29)27-15-19(7-11-22(28)25-20-9-10-20)24(16-27)12-4-3-5-13-24/h6,8,14,19-20H,3-5,7,9-13,15-16H2,1-2H3,(H,25,28)(H,26,29). The smallest absolute Gasteiger partial charge is 0.321 e. The lowest BCUT2D eigenvalue weighted by molar-refractivity contribution is -0.121. The molecule has 1 aromatic rings. The van der Waals surface area contributed by atoms with E-state index in [9.17, 15) is 9.59 Å². The summed E-state index contributed by atoms with van der Waals surface area (Å²) in [6.45, 7) is 5.75. The van der Waals surface area contributed by atoms with Crippen LogP contribution in [-0.4, -0.2) is 36.0 Å². The van der Waals surface area contributed by atoms with Crippen molar-refractivity contribution in [1.29, 1.82) is 0 Å². The van der Waals surface area contributed by atoms with Crippen molar-refractivity contribution < 1.29 is 9.59 Å². The SMILES string of the molecule is Cc1ccc(NC(=O)N2CC(CCC(=O)NC3CC3)C3(CCCCC3)C2)cc1C. The second-order valence-corrected chi connectivity index (χ2v) is 9.61. The summed E-state index contributed by atoms with van der Waals surface area (Å²) in [5, 5.41) is 6.22. The number of benzene rings is 1. The normalized spacial score (nSPS) is 23.2. The second kappa shape index (κ2) is 8.37. The molecule has 3 amide bonds. The summed E-state index contributed by atoms with van der Waals surface area (Å²) in [5.41, 5.74) is 3.49. The molecule has 5 heteroatoms. The summed E-state index contributed by atoms with van der Waals surface area (Å²) in [5.74, 6) is 0.620. The van der Waals surface area contributed by atoms with Crippen molar-refractivity contribution in [2.24, 2.45) is 11.3 Å². The van der Waals surface area contributed by atoms with Crippen LogP contribution in [0.25, 0.3) is 0 Å². The fourth-order valence-electron chi connectivity index (χ4n) is 5.26. The fourth-order valence-corrected chi connectivity index (χ4v) is 5.26. The third-order valence-electron chi connectivity index (χ3n) is 7.37. The summed E-state index contributed by atoms with van der Waals surface area (Å²) in [4.78, 5) is 27.2. The van der Waals surface area contributed by atoms with Crippen LogP contribution < -0.4 is 10.6 Å². The van der Waals surface area contributed by atoms with Gasteiger partial charge in [-0.3, -0.25) is 4.79 Å². The highest BCUT2D eigenvalue weighted by molar-refractivity contribution is 5.89. The Bertz CT molecular complexity index is 765. The Hall–Kier alpha value is -2.04. The molecule has 1 atom stereocenters. The Morgan fingerprint density at radius 2 is 1.86 bits per heavy atom. The molecule has 3 fully saturated rings. The number of nitrogens with zero attached hydrogens (tertiary/aromatic N) is 1. The number of hydrogen-bond donors (Lipinski definition) is 2. The average Bonchev–Trinajstić information content (AvgIpc) is 3.45. The maximum Gasteiger partial charge on any atom is 0.321 e. The number of urea groups is 1. The molecule has 2 saturated carbocycles. The first-order chi connectivity index (χ1) is 13.9. The summed E-state index contributed by atoms with van der Waals surface area (Å²) >= 11 is 0. The summed E-state index contributed by atoms with van der Waals surface area (Å²) < 4.78 is 0. The molecule has 1 spiro atoms. The predicted molar refractivity (Wildman–Crippen MR) is 116 cm³/mol. The molecule has 2 aliphatic carbocycles. The van der Waals surface area contributed by atoms with E-state index < -0.39 is 0 Å². The number of rotatable bonds is 5. The van der Waals surface area contributed by atoms with Gasteiger partial charge < -0.3 is 15.5 Å². The highest BCUT2D eigenvalue weighted by Gasteiger charge is 2.47. The number of aryl methyl sites for hydroxylation is 2. The van der Waals surface area contributed by atoms with Crippen molar-refractivity contribution >= 4 is 17.6 Å². The number of anilines is 1. The van der Waals surface area contributed by atoms with E-state index in [1.54, 1.807) is 0 Å². The third kappa shape index (κ3) is 4.76. The van der Waals surface area contributed by atoms with Crippen molar-refractivity contribution in [2.45, 2.75) is 77.7 Å². The molecule has 1 saturated heterocycles. The number of hydrogen-bond acceptors (Lipinski definition) is 2. The Morgan fingerprint density at radius 3 is 2.55 bits per heavy atom. The maximum atomic E-state index is 13.0. The van der Waals surface area contributed by atoms with Gasteiger partial charge in [-0.05, 0) is 80.5 Å². The Balaban J connectivity index is 1.40. The van der Waals surface area contributed by atoms with E-state index in [0.717, 1.165) is 38.0 Å². The lowest BCUT2D eigenvalue weighted by atomic mass is 9.66. The van der Waals surface area contributed by atoms with Crippen LogP contribution in [0, 0.1) is 25.2 Å². The topological polar surface area (TPSA) is 61.4 Å². The molecular formula is C24H35N3O2. The van der Waals surface area contributed by atoms with Crippen LogP contribution in [0.4, 0.5) is 10.5 Å². The summed E-state index contributed by atoms with van der Waals surface area (Å²) in [7, 11) is 0. The van der Waals surface area contributed by atoms with Gasteiger partial charge in [-0.2, -0.15) is 0 Å². The highest BCUT2D eigenvalue weighted by atomic mass is 16.2. The van der Waals surface area contributed by atoms with E-state index in [1.807, 2.05) is 17.0 Å². The fraction of sp³-hybridized carbons (Fsp3) is 0.667. The predicted octanol–water partition coefficient (Wildman–Crippen LogP) is 4.78. The molecule has 0 aromatic heterocycles. The van der Waals surface area contributed by atoms with Gasteiger partial charge in [-0.1, -0.05) is 25.3 Å². The lowest BCUT2D eigenvalue weighted by Gasteiger charge is -2.38. The molecule has 2 N–H and O–H groups in total. The van der Waals surface area contributed by atoms with Gasteiger partial charge in [-0.25, -0.2) is 4.79 Å². The molecule has 1 aliphatic heterocycles. The molecule has 1 unspecified atom stereocenters.